The van der Waals surface area contributed by atoms with Gasteiger partial charge in [-0.2, -0.15) is 18.3 Å². The summed E-state index contributed by atoms with van der Waals surface area (Å²) in [4.78, 5) is 12.3. The van der Waals surface area contributed by atoms with Crippen LogP contribution >= 0.6 is 0 Å². The van der Waals surface area contributed by atoms with Crippen molar-refractivity contribution in [2.75, 3.05) is 0 Å². The summed E-state index contributed by atoms with van der Waals surface area (Å²) < 4.78 is 46.5. The van der Waals surface area contributed by atoms with Crippen LogP contribution in [0, 0.1) is 0 Å². The molecule has 28 heavy (non-hydrogen) atoms. The average Bonchev–Trinajstić information content (AvgIpc) is 3.27. The SMILES string of the molecule is O=C(NC1CCc2ccccc21)Oc1cnn(-c2ccccc2)c1C(F)(F)F. The summed E-state index contributed by atoms with van der Waals surface area (Å²) in [6.07, 6.45) is -3.33. The number of benzene rings is 2. The van der Waals surface area contributed by atoms with E-state index in [9.17, 15) is 18.0 Å². The maximum atomic E-state index is 13.6. The molecule has 5 nitrogen and oxygen atoms in total. The molecular formula is C20H16F3N3O2. The maximum Gasteiger partial charge on any atom is 0.437 e. The van der Waals surface area contributed by atoms with Crippen LogP contribution in [0.4, 0.5) is 18.0 Å². The second-order valence-corrected chi connectivity index (χ2v) is 6.43. The van der Waals surface area contributed by atoms with Gasteiger partial charge in [0.2, 0.25) is 0 Å². The van der Waals surface area contributed by atoms with Gasteiger partial charge in [0, 0.05) is 0 Å². The monoisotopic (exact) mass is 387 g/mol. The molecule has 1 aliphatic rings. The Balaban J connectivity index is 1.57. The molecule has 1 aliphatic carbocycles. The summed E-state index contributed by atoms with van der Waals surface area (Å²) in [6.45, 7) is 0. The van der Waals surface area contributed by atoms with Gasteiger partial charge in [-0.3, -0.25) is 0 Å². The average molecular weight is 387 g/mol. The van der Waals surface area contributed by atoms with Crippen LogP contribution < -0.4 is 10.1 Å². The number of carbonyl (C=O) groups is 1. The lowest BCUT2D eigenvalue weighted by Crippen LogP contribution is -2.30. The molecule has 1 atom stereocenters. The Kier molecular flexibility index (Phi) is 4.54. The predicted octanol–water partition coefficient (Wildman–Crippen LogP) is 4.67. The van der Waals surface area contributed by atoms with Crippen LogP contribution in [0.1, 0.15) is 29.3 Å². The number of alkyl halides is 3. The van der Waals surface area contributed by atoms with E-state index in [4.69, 9.17) is 4.74 Å². The molecule has 1 N–H and O–H groups in total. The van der Waals surface area contributed by atoms with Gasteiger partial charge in [0.05, 0.1) is 17.9 Å². The van der Waals surface area contributed by atoms with E-state index in [-0.39, 0.29) is 11.7 Å². The molecule has 0 radical (unpaired) electrons. The van der Waals surface area contributed by atoms with Crippen molar-refractivity contribution in [2.24, 2.45) is 0 Å². The lowest BCUT2D eigenvalue weighted by molar-refractivity contribution is -0.143. The Bertz CT molecular complexity index is 999. The summed E-state index contributed by atoms with van der Waals surface area (Å²) in [5.74, 6) is -0.639. The molecule has 1 unspecified atom stereocenters. The largest absolute Gasteiger partial charge is 0.437 e. The summed E-state index contributed by atoms with van der Waals surface area (Å²) >= 11 is 0. The Morgan fingerprint density at radius 3 is 2.57 bits per heavy atom. The third kappa shape index (κ3) is 3.45. The first-order valence-corrected chi connectivity index (χ1v) is 8.70. The number of ether oxygens (including phenoxy) is 1. The highest BCUT2D eigenvalue weighted by atomic mass is 19.4. The molecule has 1 amide bonds. The summed E-state index contributed by atoms with van der Waals surface area (Å²) in [5.41, 5.74) is 1.15. The molecule has 0 bridgehead atoms. The minimum atomic E-state index is -4.75. The van der Waals surface area contributed by atoms with Crippen molar-refractivity contribution in [3.05, 3.63) is 77.6 Å². The normalized spacial score (nSPS) is 15.9. The fourth-order valence-corrected chi connectivity index (χ4v) is 3.41. The van der Waals surface area contributed by atoms with Crippen LogP contribution in [0.3, 0.4) is 0 Å². The number of para-hydroxylation sites is 1. The van der Waals surface area contributed by atoms with Crippen molar-refractivity contribution in [2.45, 2.75) is 25.1 Å². The third-order valence-corrected chi connectivity index (χ3v) is 4.63. The van der Waals surface area contributed by atoms with Crippen molar-refractivity contribution in [1.82, 2.24) is 15.1 Å². The van der Waals surface area contributed by atoms with Crippen LogP contribution in [0.2, 0.25) is 0 Å². The summed E-state index contributed by atoms with van der Waals surface area (Å²) in [5, 5.41) is 6.41. The Morgan fingerprint density at radius 1 is 1.11 bits per heavy atom. The van der Waals surface area contributed by atoms with Crippen LogP contribution in [-0.2, 0) is 12.6 Å². The molecule has 0 spiro atoms. The molecule has 144 valence electrons. The first-order valence-electron chi connectivity index (χ1n) is 8.70. The van der Waals surface area contributed by atoms with Crippen molar-refractivity contribution in [3.63, 3.8) is 0 Å². The minimum absolute atomic E-state index is 0.217. The zero-order valence-corrected chi connectivity index (χ0v) is 14.6. The highest BCUT2D eigenvalue weighted by Gasteiger charge is 2.40. The molecule has 0 fully saturated rings. The van der Waals surface area contributed by atoms with Crippen LogP contribution in [-0.4, -0.2) is 15.9 Å². The number of hydrogen-bond acceptors (Lipinski definition) is 3. The molecule has 3 aromatic rings. The molecule has 8 heteroatoms. The van der Waals surface area contributed by atoms with E-state index in [1.807, 2.05) is 24.3 Å². The van der Waals surface area contributed by atoms with Gasteiger partial charge in [0.1, 0.15) is 0 Å². The van der Waals surface area contributed by atoms with Crippen LogP contribution in [0.25, 0.3) is 5.69 Å². The number of rotatable bonds is 3. The Morgan fingerprint density at radius 2 is 1.82 bits per heavy atom. The van der Waals surface area contributed by atoms with Gasteiger partial charge in [0.15, 0.2) is 11.4 Å². The number of fused-ring (bicyclic) bond motifs is 1. The zero-order valence-electron chi connectivity index (χ0n) is 14.6. The van der Waals surface area contributed by atoms with Crippen molar-refractivity contribution < 1.29 is 22.7 Å². The van der Waals surface area contributed by atoms with Crippen LogP contribution in [0.15, 0.2) is 60.8 Å². The van der Waals surface area contributed by atoms with E-state index in [2.05, 4.69) is 10.4 Å². The van der Waals surface area contributed by atoms with E-state index in [1.54, 1.807) is 18.2 Å². The molecule has 4 rings (SSSR count). The van der Waals surface area contributed by atoms with Gasteiger partial charge in [-0.1, -0.05) is 42.5 Å². The lowest BCUT2D eigenvalue weighted by Gasteiger charge is -2.15. The second-order valence-electron chi connectivity index (χ2n) is 6.43. The third-order valence-electron chi connectivity index (χ3n) is 4.63. The van der Waals surface area contributed by atoms with E-state index < -0.39 is 23.7 Å². The first kappa shape index (κ1) is 18.1. The quantitative estimate of drug-likeness (QED) is 0.711. The number of aromatic nitrogens is 2. The van der Waals surface area contributed by atoms with Crippen LogP contribution in [0.5, 0.6) is 5.75 Å². The number of aryl methyl sites for hydroxylation is 1. The molecule has 1 aromatic heterocycles. The number of carbonyl (C=O) groups excluding carboxylic acids is 1. The highest BCUT2D eigenvalue weighted by Crippen LogP contribution is 2.38. The lowest BCUT2D eigenvalue weighted by atomic mass is 10.1. The Labute approximate surface area is 158 Å². The number of halogens is 3. The molecular weight excluding hydrogens is 371 g/mol. The van der Waals surface area contributed by atoms with Gasteiger partial charge >= 0.3 is 12.3 Å². The van der Waals surface area contributed by atoms with Gasteiger partial charge in [-0.05, 0) is 36.1 Å². The van der Waals surface area contributed by atoms with Gasteiger partial charge < -0.3 is 10.1 Å². The highest BCUT2D eigenvalue weighted by molar-refractivity contribution is 5.71. The van der Waals surface area contributed by atoms with E-state index in [0.717, 1.165) is 23.7 Å². The van der Waals surface area contributed by atoms with Crippen molar-refractivity contribution >= 4 is 6.09 Å². The predicted molar refractivity (Wildman–Crippen MR) is 95.2 cm³/mol. The number of amides is 1. The molecule has 0 saturated carbocycles. The second kappa shape index (κ2) is 7.03. The van der Waals surface area contributed by atoms with Gasteiger partial charge in [-0.15, -0.1) is 0 Å². The fourth-order valence-electron chi connectivity index (χ4n) is 3.41. The maximum absolute atomic E-state index is 13.6. The number of nitrogens with zero attached hydrogens (tertiary/aromatic N) is 2. The van der Waals surface area contributed by atoms with Crippen molar-refractivity contribution in [1.29, 1.82) is 0 Å². The molecule has 1 heterocycles. The van der Waals surface area contributed by atoms with E-state index >= 15 is 0 Å². The molecule has 0 saturated heterocycles. The number of hydrogen-bond donors (Lipinski definition) is 1. The minimum Gasteiger partial charge on any atom is -0.406 e. The smallest absolute Gasteiger partial charge is 0.406 e. The summed E-state index contributed by atoms with van der Waals surface area (Å²) in [6, 6.07) is 15.2. The molecule has 2 aromatic carbocycles. The van der Waals surface area contributed by atoms with E-state index in [0.29, 0.717) is 11.1 Å². The van der Waals surface area contributed by atoms with Crippen molar-refractivity contribution in [3.8, 4) is 11.4 Å². The topological polar surface area (TPSA) is 56.1 Å². The van der Waals surface area contributed by atoms with Gasteiger partial charge in [0.25, 0.3) is 0 Å². The molecule has 0 aliphatic heterocycles. The zero-order chi connectivity index (χ0) is 19.7. The first-order chi connectivity index (χ1) is 13.4. The Hall–Kier alpha value is -3.29. The summed E-state index contributed by atoms with van der Waals surface area (Å²) in [7, 11) is 0. The standard InChI is InChI=1S/C20H16F3N3O2/c21-20(22,23)18-17(12-24-26(18)14-7-2-1-3-8-14)28-19(27)25-16-11-10-13-6-4-5-9-15(13)16/h1-9,12,16H,10-11H2,(H,25,27). The fraction of sp³-hybridized carbons (Fsp3) is 0.200. The van der Waals surface area contributed by atoms with E-state index in [1.165, 1.54) is 12.1 Å². The van der Waals surface area contributed by atoms with Gasteiger partial charge in [-0.25, -0.2) is 9.48 Å². The number of nitrogens with one attached hydrogen (secondary N) is 1.